The van der Waals surface area contributed by atoms with E-state index in [0.717, 1.165) is 9.87 Å². The number of nitrogens with one attached hydrogen (secondary N) is 2. The number of hydrogen-bond donors (Lipinski definition) is 2. The average molecular weight is 325 g/mol. The minimum absolute atomic E-state index is 0.126. The van der Waals surface area contributed by atoms with Crippen LogP contribution in [0.15, 0.2) is 36.4 Å². The van der Waals surface area contributed by atoms with Crippen LogP contribution in [0, 0.1) is 5.82 Å². The Hall–Kier alpha value is -2.26. The molecule has 0 radical (unpaired) electrons. The molecule has 0 aliphatic rings. The summed E-state index contributed by atoms with van der Waals surface area (Å²) in [7, 11) is -0.776. The standard InChI is InChI=1S/C13H16FN5O2S/c1-19(2)22(20,21)18-13-8-7-12(16-17-13)15-9-10-3-5-11(14)6-4-10/h3-8H,9H2,1-2H3,(H,15,16)(H,17,18). The zero-order valence-corrected chi connectivity index (χ0v) is 12.9. The number of rotatable bonds is 6. The molecule has 2 rings (SSSR count). The van der Waals surface area contributed by atoms with Gasteiger partial charge in [-0.1, -0.05) is 12.1 Å². The van der Waals surface area contributed by atoms with Gasteiger partial charge in [0.1, 0.15) is 11.6 Å². The van der Waals surface area contributed by atoms with Crippen LogP contribution in [0.1, 0.15) is 5.56 Å². The largest absolute Gasteiger partial charge is 0.365 e. The molecule has 0 saturated carbocycles. The third-order valence-corrected chi connectivity index (χ3v) is 4.19. The van der Waals surface area contributed by atoms with E-state index in [1.165, 1.54) is 32.3 Å². The van der Waals surface area contributed by atoms with Crippen LogP contribution in [0.2, 0.25) is 0 Å². The number of hydrogen-bond acceptors (Lipinski definition) is 5. The van der Waals surface area contributed by atoms with Gasteiger partial charge in [-0.2, -0.15) is 12.7 Å². The summed E-state index contributed by atoms with van der Waals surface area (Å²) in [6.07, 6.45) is 0. The monoisotopic (exact) mass is 325 g/mol. The van der Waals surface area contributed by atoms with E-state index in [1.54, 1.807) is 18.2 Å². The van der Waals surface area contributed by atoms with Crippen molar-refractivity contribution in [1.82, 2.24) is 14.5 Å². The summed E-state index contributed by atoms with van der Waals surface area (Å²) in [5.74, 6) is 0.319. The van der Waals surface area contributed by atoms with Gasteiger partial charge in [-0.05, 0) is 29.8 Å². The molecule has 0 spiro atoms. The Bertz CT molecular complexity index is 717. The fraction of sp³-hybridized carbons (Fsp3) is 0.231. The van der Waals surface area contributed by atoms with Crippen LogP contribution >= 0.6 is 0 Å². The maximum atomic E-state index is 12.8. The minimum atomic E-state index is -3.60. The molecular weight excluding hydrogens is 309 g/mol. The highest BCUT2D eigenvalue weighted by Gasteiger charge is 2.13. The SMILES string of the molecule is CN(C)S(=O)(=O)Nc1ccc(NCc2ccc(F)cc2)nn1. The van der Waals surface area contributed by atoms with Crippen molar-refractivity contribution < 1.29 is 12.8 Å². The molecule has 1 heterocycles. The highest BCUT2D eigenvalue weighted by molar-refractivity contribution is 7.90. The van der Waals surface area contributed by atoms with Gasteiger partial charge in [0.25, 0.3) is 0 Å². The summed E-state index contributed by atoms with van der Waals surface area (Å²) >= 11 is 0. The number of halogens is 1. The maximum Gasteiger partial charge on any atom is 0.302 e. The van der Waals surface area contributed by atoms with Crippen molar-refractivity contribution in [3.8, 4) is 0 Å². The fourth-order valence-corrected chi connectivity index (χ4v) is 2.06. The zero-order valence-electron chi connectivity index (χ0n) is 12.1. The smallest absolute Gasteiger partial charge is 0.302 e. The van der Waals surface area contributed by atoms with E-state index >= 15 is 0 Å². The first-order valence-corrected chi connectivity index (χ1v) is 7.83. The van der Waals surface area contributed by atoms with Gasteiger partial charge in [-0.25, -0.2) is 4.39 Å². The van der Waals surface area contributed by atoms with Crippen LogP contribution in [-0.4, -0.2) is 37.0 Å². The molecule has 22 heavy (non-hydrogen) atoms. The summed E-state index contributed by atoms with van der Waals surface area (Å²) in [6, 6.07) is 9.18. The second kappa shape index (κ2) is 6.67. The van der Waals surface area contributed by atoms with Crippen molar-refractivity contribution >= 4 is 21.8 Å². The minimum Gasteiger partial charge on any atom is -0.365 e. The van der Waals surface area contributed by atoms with Gasteiger partial charge in [0.05, 0.1) is 0 Å². The van der Waals surface area contributed by atoms with Gasteiger partial charge in [0.15, 0.2) is 5.82 Å². The van der Waals surface area contributed by atoms with Crippen LogP contribution < -0.4 is 10.0 Å². The topological polar surface area (TPSA) is 87.2 Å². The quantitative estimate of drug-likeness (QED) is 0.839. The lowest BCUT2D eigenvalue weighted by molar-refractivity contribution is 0.526. The van der Waals surface area contributed by atoms with E-state index in [1.807, 2.05) is 0 Å². The summed E-state index contributed by atoms with van der Waals surface area (Å²) < 4.78 is 39.3. The Labute approximate surface area is 128 Å². The van der Waals surface area contributed by atoms with Gasteiger partial charge >= 0.3 is 10.2 Å². The number of benzene rings is 1. The molecule has 7 nitrogen and oxygen atoms in total. The first-order chi connectivity index (χ1) is 10.4. The summed E-state index contributed by atoms with van der Waals surface area (Å²) in [5.41, 5.74) is 0.889. The van der Waals surface area contributed by atoms with Crippen molar-refractivity contribution in [3.05, 3.63) is 47.8 Å². The van der Waals surface area contributed by atoms with Crippen molar-refractivity contribution in [2.24, 2.45) is 0 Å². The Balaban J connectivity index is 1.96. The van der Waals surface area contributed by atoms with E-state index in [-0.39, 0.29) is 11.6 Å². The predicted molar refractivity (Wildman–Crippen MR) is 82.0 cm³/mol. The van der Waals surface area contributed by atoms with E-state index in [2.05, 4.69) is 20.2 Å². The number of nitrogens with zero attached hydrogens (tertiary/aromatic N) is 3. The Morgan fingerprint density at radius 1 is 1.05 bits per heavy atom. The molecule has 1 aromatic heterocycles. The predicted octanol–water partition coefficient (Wildman–Crippen LogP) is 1.45. The van der Waals surface area contributed by atoms with E-state index in [4.69, 9.17) is 0 Å². The Kier molecular flexibility index (Phi) is 4.88. The molecule has 2 N–H and O–H groups in total. The molecule has 0 unspecified atom stereocenters. The lowest BCUT2D eigenvalue weighted by atomic mass is 10.2. The summed E-state index contributed by atoms with van der Waals surface area (Å²) in [4.78, 5) is 0. The lowest BCUT2D eigenvalue weighted by Gasteiger charge is -2.12. The van der Waals surface area contributed by atoms with Gasteiger partial charge in [0, 0.05) is 20.6 Å². The molecular formula is C13H16FN5O2S. The molecule has 0 bridgehead atoms. The van der Waals surface area contributed by atoms with E-state index < -0.39 is 10.2 Å². The Morgan fingerprint density at radius 2 is 1.64 bits per heavy atom. The van der Waals surface area contributed by atoms with E-state index in [0.29, 0.717) is 12.4 Å². The zero-order chi connectivity index (χ0) is 16.2. The van der Waals surface area contributed by atoms with Gasteiger partial charge in [-0.15, -0.1) is 10.2 Å². The molecule has 9 heteroatoms. The molecule has 118 valence electrons. The van der Waals surface area contributed by atoms with E-state index in [9.17, 15) is 12.8 Å². The Morgan fingerprint density at radius 3 is 2.18 bits per heavy atom. The summed E-state index contributed by atoms with van der Waals surface area (Å²) in [6.45, 7) is 0.456. The summed E-state index contributed by atoms with van der Waals surface area (Å²) in [5, 5.41) is 10.7. The third-order valence-electron chi connectivity index (χ3n) is 2.77. The lowest BCUT2D eigenvalue weighted by Crippen LogP contribution is -2.29. The van der Waals surface area contributed by atoms with Crippen LogP contribution in [0.5, 0.6) is 0 Å². The molecule has 0 aliphatic heterocycles. The van der Waals surface area contributed by atoms with Crippen LogP contribution in [0.25, 0.3) is 0 Å². The second-order valence-corrected chi connectivity index (χ2v) is 6.56. The molecule has 0 aliphatic carbocycles. The maximum absolute atomic E-state index is 12.8. The highest BCUT2D eigenvalue weighted by atomic mass is 32.2. The van der Waals surface area contributed by atoms with Crippen molar-refractivity contribution in [2.45, 2.75) is 6.54 Å². The molecule has 0 saturated heterocycles. The van der Waals surface area contributed by atoms with Crippen LogP contribution in [0.3, 0.4) is 0 Å². The highest BCUT2D eigenvalue weighted by Crippen LogP contribution is 2.10. The molecule has 1 aromatic carbocycles. The van der Waals surface area contributed by atoms with Gasteiger partial charge in [0.2, 0.25) is 0 Å². The molecule has 2 aromatic rings. The van der Waals surface area contributed by atoms with Crippen molar-refractivity contribution in [2.75, 3.05) is 24.1 Å². The fourth-order valence-electron chi connectivity index (χ4n) is 1.50. The first kappa shape index (κ1) is 16.1. The number of anilines is 2. The normalized spacial score (nSPS) is 11.5. The molecule has 0 fully saturated rings. The van der Waals surface area contributed by atoms with Gasteiger partial charge in [-0.3, -0.25) is 4.72 Å². The third kappa shape index (κ3) is 4.37. The molecule has 0 atom stereocenters. The molecule has 0 amide bonds. The average Bonchev–Trinajstić information content (AvgIpc) is 2.48. The first-order valence-electron chi connectivity index (χ1n) is 6.39. The van der Waals surface area contributed by atoms with Crippen molar-refractivity contribution in [1.29, 1.82) is 0 Å². The van der Waals surface area contributed by atoms with Crippen molar-refractivity contribution in [3.63, 3.8) is 0 Å². The second-order valence-electron chi connectivity index (χ2n) is 4.67. The number of aromatic nitrogens is 2. The van der Waals surface area contributed by atoms with Crippen LogP contribution in [-0.2, 0) is 16.8 Å². The van der Waals surface area contributed by atoms with Crippen LogP contribution in [0.4, 0.5) is 16.0 Å². The van der Waals surface area contributed by atoms with Gasteiger partial charge < -0.3 is 5.32 Å².